The second-order valence-corrected chi connectivity index (χ2v) is 12.5. The number of hydrogen-bond acceptors (Lipinski definition) is 8. The number of halogens is 2. The van der Waals surface area contributed by atoms with Gasteiger partial charge in [-0.15, -0.1) is 0 Å². The van der Waals surface area contributed by atoms with Crippen LogP contribution >= 0.6 is 11.8 Å². The molecule has 37 heavy (non-hydrogen) atoms. The minimum absolute atomic E-state index is 0.000724. The summed E-state index contributed by atoms with van der Waals surface area (Å²) >= 11 is 0.773. The van der Waals surface area contributed by atoms with E-state index in [1.807, 2.05) is 0 Å². The summed E-state index contributed by atoms with van der Waals surface area (Å²) in [7, 11) is 0. The van der Waals surface area contributed by atoms with Crippen LogP contribution in [0, 0.1) is 29.1 Å². The molecule has 1 heterocycles. The van der Waals surface area contributed by atoms with Crippen LogP contribution in [-0.2, 0) is 28.7 Å². The molecule has 5 aliphatic rings. The molecule has 0 aromatic rings. The van der Waals surface area contributed by atoms with E-state index in [4.69, 9.17) is 9.47 Å². The smallest absolute Gasteiger partial charge is 0.319 e. The number of ketones is 1. The zero-order chi connectivity index (χ0) is 26.9. The fraction of sp³-hybridized carbons (Fsp3) is 0.704. The molecule has 1 saturated heterocycles. The van der Waals surface area contributed by atoms with E-state index in [1.165, 1.54) is 12.2 Å². The molecular weight excluding hydrogens is 506 g/mol. The third-order valence-corrected chi connectivity index (χ3v) is 10.8. The van der Waals surface area contributed by atoms with Gasteiger partial charge in [-0.3, -0.25) is 19.2 Å². The maximum absolute atomic E-state index is 17.1. The highest BCUT2D eigenvalue weighted by atomic mass is 32.2. The number of ether oxygens (including phenoxy) is 2. The fourth-order valence-electron chi connectivity index (χ4n) is 7.85. The van der Waals surface area contributed by atoms with Gasteiger partial charge in [0.05, 0.1) is 12.7 Å². The zero-order valence-corrected chi connectivity index (χ0v) is 21.9. The number of aliphatic hydroxyl groups is 1. The Balaban J connectivity index is 1.58. The van der Waals surface area contributed by atoms with E-state index in [9.17, 15) is 24.3 Å². The van der Waals surface area contributed by atoms with Crippen molar-refractivity contribution in [3.63, 3.8) is 0 Å². The van der Waals surface area contributed by atoms with Gasteiger partial charge in [-0.05, 0) is 42.9 Å². The number of thioether (sulfide) groups is 1. The summed E-state index contributed by atoms with van der Waals surface area (Å²) in [5.74, 6) is -4.78. The highest BCUT2D eigenvalue weighted by Crippen LogP contribution is 2.70. The number of carbonyl (C=O) groups excluding carboxylic acids is 4. The van der Waals surface area contributed by atoms with E-state index in [-0.39, 0.29) is 37.9 Å². The van der Waals surface area contributed by atoms with Crippen LogP contribution in [-0.4, -0.2) is 63.3 Å². The topological polar surface area (TPSA) is 107 Å². The van der Waals surface area contributed by atoms with Gasteiger partial charge in [0.2, 0.25) is 5.12 Å². The summed E-state index contributed by atoms with van der Waals surface area (Å²) in [6, 6.07) is 0. The van der Waals surface area contributed by atoms with Gasteiger partial charge in [0.1, 0.15) is 17.1 Å². The Bertz CT molecular complexity index is 1110. The van der Waals surface area contributed by atoms with Crippen molar-refractivity contribution in [3.8, 4) is 0 Å². The highest BCUT2D eigenvalue weighted by molar-refractivity contribution is 8.14. The molecule has 0 aromatic carbocycles. The Kier molecular flexibility index (Phi) is 6.46. The molecule has 5 rings (SSSR count). The van der Waals surface area contributed by atoms with Crippen LogP contribution in [0.1, 0.15) is 52.9 Å². The average molecular weight is 539 g/mol. The van der Waals surface area contributed by atoms with E-state index >= 15 is 8.78 Å². The predicted molar refractivity (Wildman–Crippen MR) is 130 cm³/mol. The maximum Gasteiger partial charge on any atom is 0.319 e. The molecular formula is C27H32F2O7S. The van der Waals surface area contributed by atoms with E-state index in [0.717, 1.165) is 17.8 Å². The van der Waals surface area contributed by atoms with Crippen LogP contribution in [0.15, 0.2) is 23.8 Å². The van der Waals surface area contributed by atoms with Crippen molar-refractivity contribution in [2.75, 3.05) is 6.61 Å². The van der Waals surface area contributed by atoms with Gasteiger partial charge in [-0.2, -0.15) is 0 Å². The number of alkyl halides is 2. The Morgan fingerprint density at radius 3 is 2.65 bits per heavy atom. The first-order valence-corrected chi connectivity index (χ1v) is 13.8. The Labute approximate surface area is 218 Å². The molecule has 1 N–H and O–H groups in total. The highest BCUT2D eigenvalue weighted by Gasteiger charge is 2.76. The van der Waals surface area contributed by atoms with Crippen molar-refractivity contribution in [1.82, 2.24) is 0 Å². The third-order valence-electron chi connectivity index (χ3n) is 9.57. The number of aliphatic hydroxyl groups excluding tert-OH is 1. The fourth-order valence-corrected chi connectivity index (χ4v) is 9.14. The number of fused-ring (bicyclic) bond motifs is 5. The molecule has 1 aliphatic heterocycles. The molecule has 3 unspecified atom stereocenters. The van der Waals surface area contributed by atoms with Crippen LogP contribution in [0.3, 0.4) is 0 Å². The minimum Gasteiger partial charge on any atom is -0.465 e. The largest absolute Gasteiger partial charge is 0.465 e. The van der Waals surface area contributed by atoms with Crippen molar-refractivity contribution < 1.29 is 42.5 Å². The van der Waals surface area contributed by atoms with Gasteiger partial charge in [0.15, 0.2) is 11.4 Å². The molecule has 3 saturated carbocycles. The molecule has 202 valence electrons. The summed E-state index contributed by atoms with van der Waals surface area (Å²) in [4.78, 5) is 50.8. The Morgan fingerprint density at radius 2 is 2.00 bits per heavy atom. The average Bonchev–Trinajstić information content (AvgIpc) is 3.34. The lowest BCUT2D eigenvalue weighted by Crippen LogP contribution is -2.68. The van der Waals surface area contributed by atoms with Gasteiger partial charge in [-0.1, -0.05) is 38.6 Å². The van der Waals surface area contributed by atoms with E-state index in [1.54, 1.807) is 20.8 Å². The summed E-state index contributed by atoms with van der Waals surface area (Å²) < 4.78 is 43.5. The molecule has 10 atom stereocenters. The number of carbonyl (C=O) groups is 4. The Hall–Kier alpha value is -2.07. The van der Waals surface area contributed by atoms with Crippen molar-refractivity contribution in [2.24, 2.45) is 29.1 Å². The first kappa shape index (κ1) is 26.5. The number of rotatable bonds is 4. The normalized spacial score (nSPS) is 46.4. The van der Waals surface area contributed by atoms with Gasteiger partial charge in [0.25, 0.3) is 0 Å². The summed E-state index contributed by atoms with van der Waals surface area (Å²) in [6.45, 7) is 5.27. The van der Waals surface area contributed by atoms with E-state index < -0.39 is 80.7 Å². The van der Waals surface area contributed by atoms with Crippen molar-refractivity contribution in [2.45, 2.75) is 81.7 Å². The quantitative estimate of drug-likeness (QED) is 0.543. The summed E-state index contributed by atoms with van der Waals surface area (Å²) in [6.07, 6.45) is 0.659. The molecule has 4 aliphatic carbocycles. The van der Waals surface area contributed by atoms with Crippen LogP contribution in [0.4, 0.5) is 8.78 Å². The molecule has 0 amide bonds. The van der Waals surface area contributed by atoms with Gasteiger partial charge in [0, 0.05) is 36.0 Å². The molecule has 0 aromatic heterocycles. The monoisotopic (exact) mass is 538 g/mol. The first-order chi connectivity index (χ1) is 17.4. The van der Waals surface area contributed by atoms with Crippen molar-refractivity contribution >= 4 is 34.6 Å². The molecule has 4 fully saturated rings. The lowest BCUT2D eigenvalue weighted by Gasteiger charge is -2.60. The lowest BCUT2D eigenvalue weighted by molar-refractivity contribution is -0.217. The number of esters is 2. The summed E-state index contributed by atoms with van der Waals surface area (Å²) in [5, 5.41) is 10.1. The van der Waals surface area contributed by atoms with Crippen molar-refractivity contribution in [3.05, 3.63) is 23.8 Å². The number of hydrogen-bond donors (Lipinski definition) is 1. The number of allylic oxidation sites excluding steroid dienone is 4. The van der Waals surface area contributed by atoms with Gasteiger partial charge >= 0.3 is 11.9 Å². The van der Waals surface area contributed by atoms with Gasteiger partial charge < -0.3 is 14.6 Å². The van der Waals surface area contributed by atoms with Crippen LogP contribution in [0.25, 0.3) is 0 Å². The van der Waals surface area contributed by atoms with Crippen LogP contribution in [0.2, 0.25) is 0 Å². The first-order valence-electron chi connectivity index (χ1n) is 12.9. The molecule has 0 spiro atoms. The predicted octanol–water partition coefficient (Wildman–Crippen LogP) is 3.43. The van der Waals surface area contributed by atoms with Crippen LogP contribution < -0.4 is 0 Å². The standard InChI is InChI=1S/C27H32F2O7S/c1-4-22(32)36-27(24(34)37-20-7-8-35-23(20)33)13(2)9-17-18-11-19(28)15-10-14(30)5-6-16(15)26(18,29)21(31)12-25(17,27)3/h5-6,10,13,16-21,31H,4,7-9,11-12H2,1-3H3/t13-,16?,17?,18?,19+,20+,21+,25+,26+,27-/m1/s1. The third kappa shape index (κ3) is 3.61. The number of cyclic esters (lactones) is 1. The van der Waals surface area contributed by atoms with Gasteiger partial charge in [-0.25, -0.2) is 8.78 Å². The summed E-state index contributed by atoms with van der Waals surface area (Å²) in [5.41, 5.74) is -5.15. The van der Waals surface area contributed by atoms with E-state index in [0.29, 0.717) is 6.42 Å². The zero-order valence-electron chi connectivity index (χ0n) is 21.1. The Morgan fingerprint density at radius 1 is 1.27 bits per heavy atom. The second-order valence-electron chi connectivity index (χ2n) is 11.3. The minimum atomic E-state index is -2.24. The second kappa shape index (κ2) is 9.00. The van der Waals surface area contributed by atoms with E-state index in [2.05, 4.69) is 0 Å². The molecule has 0 bridgehead atoms. The SMILES string of the molecule is CCC(=O)O[C@@]1(C(=O)S[C@H]2CCOC2=O)[C@H](C)CC2C3C[C@H](F)C4=CC(=O)C=CC4[C@@]3(F)[C@@H](O)C[C@@]21C. The lowest BCUT2D eigenvalue weighted by atomic mass is 9.48. The maximum atomic E-state index is 17.1. The van der Waals surface area contributed by atoms with Crippen molar-refractivity contribution in [1.29, 1.82) is 0 Å². The van der Waals surface area contributed by atoms with Crippen LogP contribution in [0.5, 0.6) is 0 Å². The molecule has 0 radical (unpaired) electrons. The molecule has 7 nitrogen and oxygen atoms in total. The molecule has 10 heteroatoms.